The average molecular weight is 463 g/mol. The van der Waals surface area contributed by atoms with E-state index in [0.29, 0.717) is 6.61 Å². The van der Waals surface area contributed by atoms with E-state index in [-0.39, 0.29) is 17.9 Å². The number of methoxy groups -OCH3 is 1. The monoisotopic (exact) mass is 462 g/mol. The molecule has 0 radical (unpaired) electrons. The van der Waals surface area contributed by atoms with E-state index in [1.807, 2.05) is 18.3 Å². The first-order valence-electron chi connectivity index (χ1n) is 11.5. The summed E-state index contributed by atoms with van der Waals surface area (Å²) < 4.78 is 5.35. The van der Waals surface area contributed by atoms with Crippen LogP contribution in [0.5, 0.6) is 0 Å². The first kappa shape index (κ1) is 20.6. The Balaban J connectivity index is 1.27. The Labute approximate surface area is 195 Å². The molecule has 0 spiro atoms. The highest BCUT2D eigenvalue weighted by Gasteiger charge is 2.36. The van der Waals surface area contributed by atoms with Crippen LogP contribution in [0.2, 0.25) is 0 Å². The number of aromatic nitrogens is 4. The number of hydrogen-bond donors (Lipinski definition) is 2. The summed E-state index contributed by atoms with van der Waals surface area (Å²) in [5.74, 6) is 1.15. The molecule has 2 atom stereocenters. The van der Waals surface area contributed by atoms with Crippen LogP contribution >= 0.6 is 11.3 Å². The SMILES string of the molecule is COCC1CCCN1C(=O)[C@H]1CCc2c(sc3ncnc(Nc4ccc5[nH]ncc5c4)c23)C1. The third-order valence-corrected chi connectivity index (χ3v) is 8.08. The van der Waals surface area contributed by atoms with Crippen LogP contribution in [0, 0.1) is 5.92 Å². The largest absolute Gasteiger partial charge is 0.383 e. The van der Waals surface area contributed by atoms with E-state index in [1.165, 1.54) is 10.4 Å². The molecule has 4 heterocycles. The standard InChI is InChI=1S/C24H26N6O2S/c1-32-12-17-3-2-8-30(17)24(31)14-4-6-18-20(10-14)33-23-21(18)22(25-13-26-23)28-16-5-7-19-15(9-16)11-27-29-19/h5,7,9,11,13-14,17H,2-4,6,8,10,12H2,1H3,(H,27,29)(H,25,26,28)/t14-,17?/m0/s1. The Hall–Kier alpha value is -3.04. The molecule has 4 aromatic rings. The quantitative estimate of drug-likeness (QED) is 0.464. The fourth-order valence-electron chi connectivity index (χ4n) is 5.30. The molecular formula is C24H26N6O2S. The predicted molar refractivity (Wildman–Crippen MR) is 129 cm³/mol. The van der Waals surface area contributed by atoms with Gasteiger partial charge in [-0.1, -0.05) is 0 Å². The number of rotatable bonds is 5. The van der Waals surface area contributed by atoms with E-state index in [9.17, 15) is 4.79 Å². The number of carbonyl (C=O) groups is 1. The van der Waals surface area contributed by atoms with E-state index < -0.39 is 0 Å². The van der Waals surface area contributed by atoms with Crippen molar-refractivity contribution in [3.63, 3.8) is 0 Å². The van der Waals surface area contributed by atoms with Gasteiger partial charge in [-0.15, -0.1) is 11.3 Å². The summed E-state index contributed by atoms with van der Waals surface area (Å²) in [6, 6.07) is 6.32. The molecule has 1 aliphatic carbocycles. The average Bonchev–Trinajstić information content (AvgIpc) is 3.56. The molecule has 0 saturated carbocycles. The second-order valence-electron chi connectivity index (χ2n) is 8.93. The van der Waals surface area contributed by atoms with Crippen LogP contribution in [-0.2, 0) is 22.4 Å². The number of nitrogens with one attached hydrogen (secondary N) is 2. The van der Waals surface area contributed by atoms with E-state index in [0.717, 1.165) is 71.3 Å². The van der Waals surface area contributed by atoms with Crippen molar-refractivity contribution >= 4 is 49.9 Å². The van der Waals surface area contributed by atoms with Gasteiger partial charge in [-0.05, 0) is 55.9 Å². The molecule has 2 N–H and O–H groups in total. The van der Waals surface area contributed by atoms with Gasteiger partial charge >= 0.3 is 0 Å². The van der Waals surface area contributed by atoms with Gasteiger partial charge in [0.25, 0.3) is 0 Å². The fourth-order valence-corrected chi connectivity index (χ4v) is 6.57. The van der Waals surface area contributed by atoms with Gasteiger partial charge < -0.3 is 15.0 Å². The summed E-state index contributed by atoms with van der Waals surface area (Å²) in [4.78, 5) is 26.8. The molecule has 1 amide bonds. The third-order valence-electron chi connectivity index (χ3n) is 6.92. The lowest BCUT2D eigenvalue weighted by Gasteiger charge is -2.30. The predicted octanol–water partition coefficient (Wildman–Crippen LogP) is 4.05. The summed E-state index contributed by atoms with van der Waals surface area (Å²) in [5.41, 5.74) is 3.26. The number of fused-ring (bicyclic) bond motifs is 4. The van der Waals surface area contributed by atoms with Crippen LogP contribution in [0.15, 0.2) is 30.7 Å². The fraction of sp³-hybridized carbons (Fsp3) is 0.417. The zero-order valence-corrected chi connectivity index (χ0v) is 19.3. The number of H-pyrrole nitrogens is 1. The normalized spacial score (nSPS) is 20.5. The molecule has 170 valence electrons. The molecule has 2 aliphatic rings. The number of nitrogens with zero attached hydrogens (tertiary/aromatic N) is 4. The van der Waals surface area contributed by atoms with Gasteiger partial charge in [-0.2, -0.15) is 5.10 Å². The number of benzene rings is 1. The number of hydrogen-bond acceptors (Lipinski definition) is 7. The second-order valence-corrected chi connectivity index (χ2v) is 10.0. The number of likely N-dealkylation sites (tertiary alicyclic amines) is 1. The number of carbonyl (C=O) groups excluding carboxylic acids is 1. The van der Waals surface area contributed by atoms with Gasteiger partial charge in [0, 0.05) is 35.5 Å². The number of aromatic amines is 1. The van der Waals surface area contributed by atoms with Gasteiger partial charge in [-0.25, -0.2) is 9.97 Å². The van der Waals surface area contributed by atoms with Crippen molar-refractivity contribution in [2.45, 2.75) is 38.1 Å². The lowest BCUT2D eigenvalue weighted by Crippen LogP contribution is -2.43. The molecule has 6 rings (SSSR count). The Morgan fingerprint density at radius 2 is 2.27 bits per heavy atom. The molecule has 33 heavy (non-hydrogen) atoms. The summed E-state index contributed by atoms with van der Waals surface area (Å²) >= 11 is 1.70. The van der Waals surface area contributed by atoms with Crippen LogP contribution in [-0.4, -0.2) is 57.3 Å². The molecule has 1 fully saturated rings. The van der Waals surface area contributed by atoms with Gasteiger partial charge in [-0.3, -0.25) is 9.89 Å². The van der Waals surface area contributed by atoms with Gasteiger partial charge in [0.1, 0.15) is 17.0 Å². The van der Waals surface area contributed by atoms with Crippen molar-refractivity contribution in [2.24, 2.45) is 5.92 Å². The lowest BCUT2D eigenvalue weighted by molar-refractivity contribution is -0.137. The van der Waals surface area contributed by atoms with E-state index in [1.54, 1.807) is 24.8 Å². The highest BCUT2D eigenvalue weighted by molar-refractivity contribution is 7.19. The highest BCUT2D eigenvalue weighted by atomic mass is 32.1. The summed E-state index contributed by atoms with van der Waals surface area (Å²) in [7, 11) is 1.71. The number of amides is 1. The molecule has 8 nitrogen and oxygen atoms in total. The van der Waals surface area contributed by atoms with Crippen molar-refractivity contribution in [1.82, 2.24) is 25.1 Å². The Morgan fingerprint density at radius 1 is 1.33 bits per heavy atom. The smallest absolute Gasteiger partial charge is 0.226 e. The van der Waals surface area contributed by atoms with Crippen molar-refractivity contribution in [3.05, 3.63) is 41.2 Å². The molecule has 1 aliphatic heterocycles. The Kier molecular flexibility index (Phi) is 5.22. The van der Waals surface area contributed by atoms with Crippen LogP contribution in [0.1, 0.15) is 29.7 Å². The minimum Gasteiger partial charge on any atom is -0.383 e. The number of ether oxygens (including phenoxy) is 1. The minimum absolute atomic E-state index is 0.0379. The van der Waals surface area contributed by atoms with Crippen molar-refractivity contribution in [1.29, 1.82) is 0 Å². The van der Waals surface area contributed by atoms with Crippen LogP contribution in [0.3, 0.4) is 0 Å². The summed E-state index contributed by atoms with van der Waals surface area (Å²) in [5, 5.41) is 12.7. The van der Waals surface area contributed by atoms with Crippen LogP contribution < -0.4 is 5.32 Å². The van der Waals surface area contributed by atoms with Crippen LogP contribution in [0.25, 0.3) is 21.1 Å². The lowest BCUT2D eigenvalue weighted by atomic mass is 9.86. The molecule has 1 unspecified atom stereocenters. The maximum atomic E-state index is 13.3. The minimum atomic E-state index is 0.0379. The van der Waals surface area contributed by atoms with E-state index >= 15 is 0 Å². The van der Waals surface area contributed by atoms with E-state index in [2.05, 4.69) is 36.4 Å². The summed E-state index contributed by atoms with van der Waals surface area (Å²) in [6.45, 7) is 1.48. The highest BCUT2D eigenvalue weighted by Crippen LogP contribution is 2.41. The van der Waals surface area contributed by atoms with Gasteiger partial charge in [0.05, 0.1) is 29.7 Å². The third kappa shape index (κ3) is 3.65. The Morgan fingerprint density at radius 3 is 3.18 bits per heavy atom. The first-order chi connectivity index (χ1) is 16.2. The maximum absolute atomic E-state index is 13.3. The van der Waals surface area contributed by atoms with Crippen LogP contribution in [0.4, 0.5) is 11.5 Å². The molecule has 1 aromatic carbocycles. The number of aryl methyl sites for hydroxylation is 1. The zero-order chi connectivity index (χ0) is 22.4. The molecule has 1 saturated heterocycles. The molecule has 0 bridgehead atoms. The second kappa shape index (κ2) is 8.39. The molecule has 9 heteroatoms. The van der Waals surface area contributed by atoms with E-state index in [4.69, 9.17) is 4.74 Å². The molecule has 3 aromatic heterocycles. The van der Waals surface area contributed by atoms with Crippen molar-refractivity contribution in [3.8, 4) is 0 Å². The van der Waals surface area contributed by atoms with Gasteiger partial charge in [0.15, 0.2) is 0 Å². The number of anilines is 2. The van der Waals surface area contributed by atoms with Crippen molar-refractivity contribution < 1.29 is 9.53 Å². The van der Waals surface area contributed by atoms with Crippen molar-refractivity contribution in [2.75, 3.05) is 25.6 Å². The Bertz CT molecular complexity index is 1330. The summed E-state index contributed by atoms with van der Waals surface area (Å²) in [6.07, 6.45) is 8.06. The topological polar surface area (TPSA) is 96.0 Å². The first-order valence-corrected chi connectivity index (χ1v) is 12.3. The number of thiophene rings is 1. The maximum Gasteiger partial charge on any atom is 0.226 e. The zero-order valence-electron chi connectivity index (χ0n) is 18.5. The molecular weight excluding hydrogens is 436 g/mol. The van der Waals surface area contributed by atoms with Gasteiger partial charge in [0.2, 0.25) is 5.91 Å².